The van der Waals surface area contributed by atoms with Crippen molar-refractivity contribution in [1.29, 1.82) is 10.5 Å². The van der Waals surface area contributed by atoms with Crippen molar-refractivity contribution in [1.82, 2.24) is 19.9 Å². The fourth-order valence-corrected chi connectivity index (χ4v) is 2.72. The molecule has 1 aliphatic heterocycles. The molecule has 1 aromatic rings. The number of aryl methyl sites for hydroxylation is 1. The first-order valence-corrected chi connectivity index (χ1v) is 7.67. The van der Waals surface area contributed by atoms with E-state index in [2.05, 4.69) is 39.0 Å². The van der Waals surface area contributed by atoms with E-state index >= 15 is 0 Å². The Balaban J connectivity index is 1.80. The third-order valence-corrected chi connectivity index (χ3v) is 4.12. The lowest BCUT2D eigenvalue weighted by molar-refractivity contribution is 0.0828. The Morgan fingerprint density at radius 3 is 2.55 bits per heavy atom. The Hall–Kier alpha value is -1.96. The maximum absolute atomic E-state index is 9.15. The van der Waals surface area contributed by atoms with Crippen LogP contribution in [0.4, 0.5) is 0 Å². The Morgan fingerprint density at radius 1 is 1.27 bits per heavy atom. The van der Waals surface area contributed by atoms with Crippen LogP contribution in [-0.2, 0) is 0 Å². The largest absolute Gasteiger partial charge is 0.338 e. The first-order valence-electron chi connectivity index (χ1n) is 7.67. The Kier molecular flexibility index (Phi) is 5.88. The Morgan fingerprint density at radius 2 is 2.00 bits per heavy atom. The van der Waals surface area contributed by atoms with Crippen molar-refractivity contribution in [2.24, 2.45) is 5.92 Å². The minimum absolute atomic E-state index is 0.0535. The van der Waals surface area contributed by atoms with E-state index in [-0.39, 0.29) is 12.0 Å². The number of hydrogen-bond acceptors (Lipinski definition) is 7. The van der Waals surface area contributed by atoms with Gasteiger partial charge in [0.05, 0.1) is 24.1 Å². The van der Waals surface area contributed by atoms with Gasteiger partial charge in [0.15, 0.2) is 5.82 Å². The molecule has 0 aromatic carbocycles. The highest BCUT2D eigenvalue weighted by Gasteiger charge is 2.26. The summed E-state index contributed by atoms with van der Waals surface area (Å²) < 4.78 is 5.24. The summed E-state index contributed by atoms with van der Waals surface area (Å²) in [6.45, 7) is 8.32. The van der Waals surface area contributed by atoms with Crippen LogP contribution in [-0.4, -0.2) is 52.7 Å². The fraction of sp³-hybridized carbons (Fsp3) is 0.733. The number of nitriles is 2. The molecule has 0 N–H and O–H groups in total. The second kappa shape index (κ2) is 7.88. The number of aromatic nitrogens is 2. The van der Waals surface area contributed by atoms with Gasteiger partial charge in [-0.3, -0.25) is 9.80 Å². The van der Waals surface area contributed by atoms with Crippen LogP contribution in [0.5, 0.6) is 0 Å². The topological polar surface area (TPSA) is 93.0 Å². The summed E-state index contributed by atoms with van der Waals surface area (Å²) in [5, 5.41) is 21.6. The zero-order valence-corrected chi connectivity index (χ0v) is 13.2. The van der Waals surface area contributed by atoms with E-state index in [0.717, 1.165) is 32.7 Å². The van der Waals surface area contributed by atoms with Gasteiger partial charge >= 0.3 is 0 Å². The molecule has 1 saturated heterocycles. The van der Waals surface area contributed by atoms with Gasteiger partial charge in [-0.2, -0.15) is 15.5 Å². The van der Waals surface area contributed by atoms with E-state index in [1.54, 1.807) is 0 Å². The molecule has 0 aliphatic carbocycles. The normalized spacial score (nSPS) is 19.3. The van der Waals surface area contributed by atoms with Crippen LogP contribution in [0.25, 0.3) is 0 Å². The van der Waals surface area contributed by atoms with Gasteiger partial charge in [0.2, 0.25) is 5.89 Å². The average Bonchev–Trinajstić information content (AvgIpc) is 2.98. The maximum atomic E-state index is 9.15. The van der Waals surface area contributed by atoms with Crippen molar-refractivity contribution in [3.8, 4) is 12.1 Å². The Bertz CT molecular complexity index is 549. The third kappa shape index (κ3) is 4.27. The molecular formula is C15H22N6O. The highest BCUT2D eigenvalue weighted by atomic mass is 16.5. The summed E-state index contributed by atoms with van der Waals surface area (Å²) in [7, 11) is 0. The van der Waals surface area contributed by atoms with Crippen LogP contribution in [0, 0.1) is 35.5 Å². The van der Waals surface area contributed by atoms with Crippen LogP contribution in [0.3, 0.4) is 0 Å². The molecule has 7 heteroatoms. The minimum Gasteiger partial charge on any atom is -0.338 e. The number of nitrogens with zero attached hydrogens (tertiary/aromatic N) is 6. The summed E-state index contributed by atoms with van der Waals surface area (Å²) in [5.74, 6) is 1.27. The zero-order valence-electron chi connectivity index (χ0n) is 13.2. The van der Waals surface area contributed by atoms with Crippen LogP contribution in [0.15, 0.2) is 4.52 Å². The van der Waals surface area contributed by atoms with E-state index in [4.69, 9.17) is 15.0 Å². The summed E-state index contributed by atoms with van der Waals surface area (Å²) >= 11 is 0. The molecule has 2 heterocycles. The van der Waals surface area contributed by atoms with Crippen molar-refractivity contribution >= 4 is 0 Å². The standard InChI is InChI=1S/C15H22N6O/c1-12(15-18-13(2)19-22-15)21-8-6-20(7-9-21)11-14(10-17)4-3-5-16/h12,14H,3-4,6-9,11H2,1-2H3/t12-,14-/m0/s1. The van der Waals surface area contributed by atoms with Crippen molar-refractivity contribution in [2.45, 2.75) is 32.7 Å². The monoisotopic (exact) mass is 302 g/mol. The molecule has 22 heavy (non-hydrogen) atoms. The smallest absolute Gasteiger partial charge is 0.243 e. The molecule has 2 atom stereocenters. The lowest BCUT2D eigenvalue weighted by Crippen LogP contribution is -2.48. The van der Waals surface area contributed by atoms with Crippen LogP contribution < -0.4 is 0 Å². The van der Waals surface area contributed by atoms with E-state index in [9.17, 15) is 0 Å². The highest BCUT2D eigenvalue weighted by Crippen LogP contribution is 2.20. The number of hydrogen-bond donors (Lipinski definition) is 0. The van der Waals surface area contributed by atoms with E-state index in [1.165, 1.54) is 0 Å². The first-order chi connectivity index (χ1) is 10.6. The SMILES string of the molecule is Cc1noc([C@H](C)N2CCN(C[C@H](C#N)CCC#N)CC2)n1. The van der Waals surface area contributed by atoms with Gasteiger partial charge in [-0.05, 0) is 20.3 Å². The van der Waals surface area contributed by atoms with E-state index in [0.29, 0.717) is 24.6 Å². The van der Waals surface area contributed by atoms with Gasteiger partial charge in [0, 0.05) is 39.1 Å². The van der Waals surface area contributed by atoms with Gasteiger partial charge in [-0.15, -0.1) is 0 Å². The van der Waals surface area contributed by atoms with Gasteiger partial charge in [-0.25, -0.2) is 0 Å². The minimum atomic E-state index is -0.0535. The van der Waals surface area contributed by atoms with Crippen molar-refractivity contribution in [3.63, 3.8) is 0 Å². The molecule has 0 bridgehead atoms. The van der Waals surface area contributed by atoms with Crippen molar-refractivity contribution < 1.29 is 4.52 Å². The molecule has 0 radical (unpaired) electrons. The number of piperazine rings is 1. The molecule has 118 valence electrons. The van der Waals surface area contributed by atoms with Crippen molar-refractivity contribution in [2.75, 3.05) is 32.7 Å². The van der Waals surface area contributed by atoms with E-state index < -0.39 is 0 Å². The lowest BCUT2D eigenvalue weighted by Gasteiger charge is -2.37. The molecule has 1 fully saturated rings. The molecule has 1 aromatic heterocycles. The van der Waals surface area contributed by atoms with Gasteiger partial charge in [0.25, 0.3) is 0 Å². The molecule has 2 rings (SSSR count). The van der Waals surface area contributed by atoms with Gasteiger partial charge in [0.1, 0.15) is 0 Å². The first kappa shape index (κ1) is 16.4. The molecule has 0 amide bonds. The summed E-state index contributed by atoms with van der Waals surface area (Å²) in [5.41, 5.74) is 0. The van der Waals surface area contributed by atoms with Gasteiger partial charge in [-0.1, -0.05) is 5.16 Å². The molecular weight excluding hydrogens is 280 g/mol. The molecule has 1 aliphatic rings. The zero-order chi connectivity index (χ0) is 15.9. The van der Waals surface area contributed by atoms with Crippen LogP contribution in [0.1, 0.15) is 37.5 Å². The molecule has 7 nitrogen and oxygen atoms in total. The maximum Gasteiger partial charge on any atom is 0.243 e. The predicted octanol–water partition coefficient (Wildman–Crippen LogP) is 1.50. The lowest BCUT2D eigenvalue weighted by atomic mass is 10.0. The summed E-state index contributed by atoms with van der Waals surface area (Å²) in [4.78, 5) is 8.91. The van der Waals surface area contributed by atoms with Crippen molar-refractivity contribution in [3.05, 3.63) is 11.7 Å². The summed E-state index contributed by atoms with van der Waals surface area (Å²) in [6.07, 6.45) is 1.11. The molecule has 0 saturated carbocycles. The van der Waals surface area contributed by atoms with Crippen LogP contribution in [0.2, 0.25) is 0 Å². The predicted molar refractivity (Wildman–Crippen MR) is 79.4 cm³/mol. The quantitative estimate of drug-likeness (QED) is 0.786. The Labute approximate surface area is 131 Å². The van der Waals surface area contributed by atoms with E-state index in [1.807, 2.05) is 6.92 Å². The molecule has 0 spiro atoms. The third-order valence-electron chi connectivity index (χ3n) is 4.12. The second-order valence-electron chi connectivity index (χ2n) is 5.72. The number of rotatable bonds is 6. The molecule has 0 unspecified atom stereocenters. The highest BCUT2D eigenvalue weighted by molar-refractivity contribution is 4.93. The fourth-order valence-electron chi connectivity index (χ4n) is 2.72. The second-order valence-corrected chi connectivity index (χ2v) is 5.72. The summed E-state index contributed by atoms with van der Waals surface area (Å²) in [6, 6.07) is 4.54. The van der Waals surface area contributed by atoms with Gasteiger partial charge < -0.3 is 4.52 Å². The van der Waals surface area contributed by atoms with Crippen LogP contribution >= 0.6 is 0 Å². The average molecular weight is 302 g/mol.